The number of aromatic nitrogens is 1. The molecule has 0 unspecified atom stereocenters. The molecule has 1 aliphatic heterocycles. The minimum absolute atomic E-state index is 0.0959. The molecule has 2 heterocycles. The van der Waals surface area contributed by atoms with Gasteiger partial charge in [-0.15, -0.1) is 0 Å². The van der Waals surface area contributed by atoms with Crippen LogP contribution in [0.15, 0.2) is 36.5 Å². The molecule has 0 spiro atoms. The Bertz CT molecular complexity index is 766. The summed E-state index contributed by atoms with van der Waals surface area (Å²) in [4.78, 5) is 17.5. The molecule has 1 aliphatic rings. The van der Waals surface area contributed by atoms with Gasteiger partial charge in [-0.2, -0.15) is 0 Å². The third kappa shape index (κ3) is 4.39. The summed E-state index contributed by atoms with van der Waals surface area (Å²) >= 11 is 0. The van der Waals surface area contributed by atoms with E-state index in [4.69, 9.17) is 0 Å². The minimum atomic E-state index is -0.559. The van der Waals surface area contributed by atoms with Crippen molar-refractivity contribution in [2.45, 2.75) is 38.9 Å². The number of rotatable bonds is 5. The molecule has 1 atom stereocenters. The zero-order valence-corrected chi connectivity index (χ0v) is 14.1. The summed E-state index contributed by atoms with van der Waals surface area (Å²) in [5, 5.41) is 2.74. The molecule has 0 radical (unpaired) electrons. The second-order valence-corrected chi connectivity index (χ2v) is 6.35. The van der Waals surface area contributed by atoms with Gasteiger partial charge in [0.15, 0.2) is 0 Å². The second-order valence-electron chi connectivity index (χ2n) is 6.35. The number of pyridine rings is 1. The van der Waals surface area contributed by atoms with E-state index >= 15 is 0 Å². The summed E-state index contributed by atoms with van der Waals surface area (Å²) in [5.41, 5.74) is 2.41. The van der Waals surface area contributed by atoms with Crippen molar-refractivity contribution in [3.05, 3.63) is 65.0 Å². The van der Waals surface area contributed by atoms with Crippen LogP contribution in [0.1, 0.15) is 42.6 Å². The van der Waals surface area contributed by atoms with Crippen molar-refractivity contribution in [2.75, 3.05) is 6.54 Å². The molecule has 1 aromatic heterocycles. The van der Waals surface area contributed by atoms with E-state index < -0.39 is 11.6 Å². The number of nitrogens with one attached hydrogen (secondary N) is 1. The lowest BCUT2D eigenvalue weighted by molar-refractivity contribution is -0.119. The van der Waals surface area contributed by atoms with Crippen molar-refractivity contribution in [3.8, 4) is 0 Å². The summed E-state index contributed by atoms with van der Waals surface area (Å²) < 4.78 is 27.0. The molecule has 0 saturated carbocycles. The molecule has 2 aromatic rings. The first kappa shape index (κ1) is 17.5. The molecule has 25 heavy (non-hydrogen) atoms. The quantitative estimate of drug-likeness (QED) is 0.904. The molecule has 3 rings (SSSR count). The van der Waals surface area contributed by atoms with E-state index in [1.54, 1.807) is 6.20 Å². The van der Waals surface area contributed by atoms with Gasteiger partial charge in [0, 0.05) is 37.3 Å². The van der Waals surface area contributed by atoms with E-state index in [2.05, 4.69) is 15.2 Å². The molecular formula is C19H21F2N3O. The zero-order valence-electron chi connectivity index (χ0n) is 14.1. The Hall–Kier alpha value is -2.34. The van der Waals surface area contributed by atoms with Gasteiger partial charge in [0.05, 0.1) is 12.2 Å². The summed E-state index contributed by atoms with van der Waals surface area (Å²) in [5.74, 6) is -1.16. The van der Waals surface area contributed by atoms with Gasteiger partial charge in [-0.3, -0.25) is 14.7 Å². The maximum Gasteiger partial charge on any atom is 0.217 e. The van der Waals surface area contributed by atoms with Crippen LogP contribution in [0.2, 0.25) is 0 Å². The van der Waals surface area contributed by atoms with E-state index in [1.165, 1.54) is 19.1 Å². The lowest BCUT2D eigenvalue weighted by atomic mass is 10.0. The number of hydrogen-bond donors (Lipinski definition) is 1. The van der Waals surface area contributed by atoms with Crippen LogP contribution in [0.3, 0.4) is 0 Å². The lowest BCUT2D eigenvalue weighted by Gasteiger charge is -2.25. The van der Waals surface area contributed by atoms with Crippen LogP contribution in [0, 0.1) is 11.6 Å². The smallest absolute Gasteiger partial charge is 0.217 e. The third-order valence-electron chi connectivity index (χ3n) is 4.50. The van der Waals surface area contributed by atoms with Gasteiger partial charge in [-0.25, -0.2) is 8.78 Å². The van der Waals surface area contributed by atoms with Crippen LogP contribution < -0.4 is 5.32 Å². The minimum Gasteiger partial charge on any atom is -0.351 e. The number of benzene rings is 1. The van der Waals surface area contributed by atoms with Crippen LogP contribution >= 0.6 is 0 Å². The number of hydrogen-bond acceptors (Lipinski definition) is 3. The van der Waals surface area contributed by atoms with Gasteiger partial charge in [0.1, 0.15) is 11.6 Å². The average Bonchev–Trinajstić information content (AvgIpc) is 3.04. The largest absolute Gasteiger partial charge is 0.351 e. The summed E-state index contributed by atoms with van der Waals surface area (Å²) in [6.45, 7) is 3.17. The van der Waals surface area contributed by atoms with Gasteiger partial charge < -0.3 is 5.32 Å². The summed E-state index contributed by atoms with van der Waals surface area (Å²) in [7, 11) is 0. The Balaban J connectivity index is 1.75. The predicted molar refractivity (Wildman–Crippen MR) is 90.5 cm³/mol. The Morgan fingerprint density at radius 1 is 1.32 bits per heavy atom. The molecule has 1 aromatic carbocycles. The van der Waals surface area contributed by atoms with Crippen molar-refractivity contribution in [1.29, 1.82) is 0 Å². The molecule has 6 heteroatoms. The number of carbonyl (C=O) groups excluding carboxylic acids is 1. The molecule has 0 bridgehead atoms. The van der Waals surface area contributed by atoms with Crippen LogP contribution in [0.25, 0.3) is 0 Å². The van der Waals surface area contributed by atoms with Crippen LogP contribution in [0.4, 0.5) is 8.78 Å². The highest BCUT2D eigenvalue weighted by Crippen LogP contribution is 2.33. The highest BCUT2D eigenvalue weighted by molar-refractivity contribution is 5.72. The van der Waals surface area contributed by atoms with Crippen molar-refractivity contribution < 1.29 is 13.6 Å². The van der Waals surface area contributed by atoms with E-state index in [9.17, 15) is 13.6 Å². The van der Waals surface area contributed by atoms with Crippen molar-refractivity contribution in [3.63, 3.8) is 0 Å². The Labute approximate surface area is 145 Å². The van der Waals surface area contributed by atoms with Crippen LogP contribution in [0.5, 0.6) is 0 Å². The van der Waals surface area contributed by atoms with Crippen LogP contribution in [-0.4, -0.2) is 22.3 Å². The monoisotopic (exact) mass is 345 g/mol. The van der Waals surface area contributed by atoms with Crippen molar-refractivity contribution in [2.24, 2.45) is 0 Å². The van der Waals surface area contributed by atoms with Crippen molar-refractivity contribution >= 4 is 5.91 Å². The molecular weight excluding hydrogens is 324 g/mol. The Kier molecular flexibility index (Phi) is 5.38. The molecule has 1 saturated heterocycles. The lowest BCUT2D eigenvalue weighted by Crippen LogP contribution is -2.24. The molecule has 1 N–H and O–H groups in total. The first-order chi connectivity index (χ1) is 12.0. The van der Waals surface area contributed by atoms with Crippen molar-refractivity contribution in [1.82, 2.24) is 15.2 Å². The molecule has 4 nitrogen and oxygen atoms in total. The average molecular weight is 345 g/mol. The van der Waals surface area contributed by atoms with Gasteiger partial charge in [-0.05, 0) is 43.1 Å². The Morgan fingerprint density at radius 2 is 2.16 bits per heavy atom. The number of carbonyl (C=O) groups is 1. The number of halogens is 2. The predicted octanol–water partition coefficient (Wildman–Crippen LogP) is 3.33. The fourth-order valence-electron chi connectivity index (χ4n) is 3.28. The van der Waals surface area contributed by atoms with E-state index in [0.29, 0.717) is 18.7 Å². The fraction of sp³-hybridized carbons (Fsp3) is 0.368. The summed E-state index contributed by atoms with van der Waals surface area (Å²) in [6, 6.07) is 7.85. The highest BCUT2D eigenvalue weighted by atomic mass is 19.1. The molecule has 132 valence electrons. The number of likely N-dealkylation sites (tertiary alicyclic amines) is 1. The highest BCUT2D eigenvalue weighted by Gasteiger charge is 2.27. The number of nitrogens with zero attached hydrogens (tertiary/aromatic N) is 2. The standard InChI is InChI=1S/C19H21F2N3O/c1-13(25)23-11-17-9-14(6-7-22-17)19-3-2-8-24(19)12-15-4-5-16(20)10-18(15)21/h4-7,9-10,19H,2-3,8,11-12H2,1H3,(H,23,25)/t19-/m0/s1. The van der Waals surface area contributed by atoms with Crippen LogP contribution in [-0.2, 0) is 17.9 Å². The maximum absolute atomic E-state index is 14.0. The van der Waals surface area contributed by atoms with E-state index in [-0.39, 0.29) is 11.9 Å². The SMILES string of the molecule is CC(=O)NCc1cc([C@@H]2CCCN2Cc2ccc(F)cc2F)ccn1. The van der Waals surface area contributed by atoms with E-state index in [1.807, 2.05) is 12.1 Å². The van der Waals surface area contributed by atoms with Gasteiger partial charge in [-0.1, -0.05) is 6.07 Å². The first-order valence-corrected chi connectivity index (χ1v) is 8.40. The normalized spacial score (nSPS) is 17.6. The zero-order chi connectivity index (χ0) is 17.8. The molecule has 1 fully saturated rings. The third-order valence-corrected chi connectivity index (χ3v) is 4.50. The van der Waals surface area contributed by atoms with Gasteiger partial charge in [0.2, 0.25) is 5.91 Å². The second kappa shape index (κ2) is 7.70. The van der Waals surface area contributed by atoms with Gasteiger partial charge >= 0.3 is 0 Å². The van der Waals surface area contributed by atoms with Gasteiger partial charge in [0.25, 0.3) is 0 Å². The summed E-state index contributed by atoms with van der Waals surface area (Å²) in [6.07, 6.45) is 3.74. The number of amides is 1. The molecule has 1 amide bonds. The topological polar surface area (TPSA) is 45.2 Å². The molecule has 0 aliphatic carbocycles. The van der Waals surface area contributed by atoms with E-state index in [0.717, 1.165) is 36.7 Å². The first-order valence-electron chi connectivity index (χ1n) is 8.40. The fourth-order valence-corrected chi connectivity index (χ4v) is 3.28. The maximum atomic E-state index is 14.0. The Morgan fingerprint density at radius 3 is 2.92 bits per heavy atom.